The highest BCUT2D eigenvalue weighted by Crippen LogP contribution is 2.07. The third kappa shape index (κ3) is 6.93. The van der Waals surface area contributed by atoms with Gasteiger partial charge >= 0.3 is 5.97 Å². The van der Waals surface area contributed by atoms with E-state index in [2.05, 4.69) is 4.72 Å². The molecule has 0 heterocycles. The highest BCUT2D eigenvalue weighted by molar-refractivity contribution is 7.89. The largest absolute Gasteiger partial charge is 0.480 e. The first-order valence-corrected chi connectivity index (χ1v) is 7.65. The van der Waals surface area contributed by atoms with Crippen molar-refractivity contribution in [2.24, 2.45) is 11.8 Å². The summed E-state index contributed by atoms with van der Waals surface area (Å²) in [6, 6.07) is -1.09. The zero-order valence-electron chi connectivity index (χ0n) is 11.3. The first-order valence-electron chi connectivity index (χ1n) is 6.00. The fraction of sp³-hybridized carbons (Fsp3) is 0.909. The average Bonchev–Trinajstić information content (AvgIpc) is 2.21. The van der Waals surface area contributed by atoms with Crippen LogP contribution in [0, 0.1) is 11.8 Å². The molecule has 1 unspecified atom stereocenters. The van der Waals surface area contributed by atoms with Crippen LogP contribution in [0.5, 0.6) is 0 Å². The summed E-state index contributed by atoms with van der Waals surface area (Å²) in [5, 5.41) is 8.93. The van der Waals surface area contributed by atoms with E-state index in [1.165, 1.54) is 0 Å². The molecule has 0 aromatic heterocycles. The summed E-state index contributed by atoms with van der Waals surface area (Å²) >= 11 is 0. The van der Waals surface area contributed by atoms with Gasteiger partial charge in [-0.15, -0.1) is 0 Å². The van der Waals surface area contributed by atoms with Crippen LogP contribution in [0.2, 0.25) is 0 Å². The van der Waals surface area contributed by atoms with Crippen LogP contribution < -0.4 is 4.72 Å². The second kappa shape index (κ2) is 7.70. The molecule has 0 aliphatic carbocycles. The molecule has 2 atom stereocenters. The molecular weight excluding hydrogens is 258 g/mol. The van der Waals surface area contributed by atoms with Crippen molar-refractivity contribution in [3.63, 3.8) is 0 Å². The Morgan fingerprint density at radius 1 is 1.33 bits per heavy atom. The van der Waals surface area contributed by atoms with Crippen LogP contribution in [-0.2, 0) is 19.6 Å². The third-order valence-electron chi connectivity index (χ3n) is 2.35. The first kappa shape index (κ1) is 17.3. The lowest BCUT2D eigenvalue weighted by Crippen LogP contribution is -2.46. The molecule has 7 heteroatoms. The number of carbonyl (C=O) groups is 1. The van der Waals surface area contributed by atoms with Gasteiger partial charge in [0.15, 0.2) is 0 Å². The number of carboxylic acid groups (broad SMARTS) is 1. The van der Waals surface area contributed by atoms with Crippen molar-refractivity contribution in [3.8, 4) is 0 Å². The van der Waals surface area contributed by atoms with Crippen LogP contribution in [0.25, 0.3) is 0 Å². The molecule has 0 saturated carbocycles. The third-order valence-corrected chi connectivity index (χ3v) is 3.97. The Labute approximate surface area is 109 Å². The fourth-order valence-corrected chi connectivity index (χ4v) is 3.16. The molecule has 0 saturated heterocycles. The number of hydrogen-bond donors (Lipinski definition) is 2. The monoisotopic (exact) mass is 281 g/mol. The number of aliphatic carboxylic acids is 1. The quantitative estimate of drug-likeness (QED) is 0.648. The predicted octanol–water partition coefficient (Wildman–Crippen LogP) is 0.688. The van der Waals surface area contributed by atoms with Crippen molar-refractivity contribution in [2.45, 2.75) is 33.7 Å². The van der Waals surface area contributed by atoms with E-state index in [9.17, 15) is 13.2 Å². The Balaban J connectivity index is 4.50. The van der Waals surface area contributed by atoms with Gasteiger partial charge in [0.05, 0.1) is 12.4 Å². The molecule has 2 N–H and O–H groups in total. The fourth-order valence-electron chi connectivity index (χ4n) is 1.45. The topological polar surface area (TPSA) is 92.7 Å². The maximum atomic E-state index is 11.8. The standard InChI is InChI=1S/C11H23NO5S/c1-5-17-6-9(4)7-18(15,16)12-10(8(2)3)11(13)14/h8-10,12H,5-7H2,1-4H3,(H,13,14)/t9?,10-/m1/s1. The first-order chi connectivity index (χ1) is 8.19. The average molecular weight is 281 g/mol. The molecule has 108 valence electrons. The molecule has 6 nitrogen and oxygen atoms in total. The minimum Gasteiger partial charge on any atom is -0.480 e. The highest BCUT2D eigenvalue weighted by Gasteiger charge is 2.27. The molecule has 0 rings (SSSR count). The maximum Gasteiger partial charge on any atom is 0.321 e. The van der Waals surface area contributed by atoms with Gasteiger partial charge in [-0.1, -0.05) is 20.8 Å². The van der Waals surface area contributed by atoms with Gasteiger partial charge in [0, 0.05) is 6.61 Å². The van der Waals surface area contributed by atoms with E-state index in [-0.39, 0.29) is 17.6 Å². The number of rotatable bonds is 9. The van der Waals surface area contributed by atoms with E-state index in [1.54, 1.807) is 20.8 Å². The van der Waals surface area contributed by atoms with E-state index < -0.39 is 22.0 Å². The van der Waals surface area contributed by atoms with E-state index in [1.807, 2.05) is 6.92 Å². The summed E-state index contributed by atoms with van der Waals surface area (Å²) in [7, 11) is -3.61. The van der Waals surface area contributed by atoms with Gasteiger partial charge in [-0.3, -0.25) is 4.79 Å². The molecule has 0 amide bonds. The van der Waals surface area contributed by atoms with Gasteiger partial charge in [0.25, 0.3) is 0 Å². The predicted molar refractivity (Wildman–Crippen MR) is 68.8 cm³/mol. The molecule has 0 radical (unpaired) electrons. The van der Waals surface area contributed by atoms with Crippen molar-refractivity contribution in [3.05, 3.63) is 0 Å². The lowest BCUT2D eigenvalue weighted by molar-refractivity contribution is -0.140. The van der Waals surface area contributed by atoms with Gasteiger partial charge in [-0.05, 0) is 18.8 Å². The second-order valence-electron chi connectivity index (χ2n) is 4.72. The summed E-state index contributed by atoms with van der Waals surface area (Å²) in [6.45, 7) is 7.77. The van der Waals surface area contributed by atoms with E-state index in [0.29, 0.717) is 13.2 Å². The smallest absolute Gasteiger partial charge is 0.321 e. The minimum absolute atomic E-state index is 0.135. The molecule has 0 aliphatic heterocycles. The molecule has 0 aromatic carbocycles. The zero-order valence-corrected chi connectivity index (χ0v) is 12.2. The Bertz CT molecular complexity index is 352. The van der Waals surface area contributed by atoms with Crippen molar-refractivity contribution in [1.82, 2.24) is 4.72 Å². The molecular formula is C11H23NO5S. The van der Waals surface area contributed by atoms with Crippen LogP contribution in [-0.4, -0.2) is 44.5 Å². The van der Waals surface area contributed by atoms with E-state index >= 15 is 0 Å². The lowest BCUT2D eigenvalue weighted by Gasteiger charge is -2.19. The SMILES string of the molecule is CCOCC(C)CS(=O)(=O)N[C@@H](C(=O)O)C(C)C. The number of hydrogen-bond acceptors (Lipinski definition) is 4. The second-order valence-corrected chi connectivity index (χ2v) is 6.52. The summed E-state index contributed by atoms with van der Waals surface area (Å²) in [5.41, 5.74) is 0. The Morgan fingerprint density at radius 3 is 2.28 bits per heavy atom. The van der Waals surface area contributed by atoms with Crippen molar-refractivity contribution < 1.29 is 23.1 Å². The zero-order chi connectivity index (χ0) is 14.3. The Hall–Kier alpha value is -0.660. The van der Waals surface area contributed by atoms with Crippen LogP contribution in [0.4, 0.5) is 0 Å². The Kier molecular flexibility index (Phi) is 7.42. The van der Waals surface area contributed by atoms with Crippen molar-refractivity contribution in [1.29, 1.82) is 0 Å². The van der Waals surface area contributed by atoms with E-state index in [0.717, 1.165) is 0 Å². The summed E-state index contributed by atoms with van der Waals surface area (Å²) < 4.78 is 30.9. The van der Waals surface area contributed by atoms with Crippen LogP contribution in [0.15, 0.2) is 0 Å². The normalized spacial score (nSPS) is 15.6. The number of nitrogens with one attached hydrogen (secondary N) is 1. The Morgan fingerprint density at radius 2 is 1.89 bits per heavy atom. The minimum atomic E-state index is -3.61. The van der Waals surface area contributed by atoms with Crippen molar-refractivity contribution in [2.75, 3.05) is 19.0 Å². The molecule has 0 fully saturated rings. The molecule has 0 aromatic rings. The summed E-state index contributed by atoms with van der Waals surface area (Å²) in [6.07, 6.45) is 0. The van der Waals surface area contributed by atoms with Crippen LogP contribution in [0.1, 0.15) is 27.7 Å². The lowest BCUT2D eigenvalue weighted by atomic mass is 10.1. The molecule has 0 aliphatic rings. The van der Waals surface area contributed by atoms with Gasteiger partial charge < -0.3 is 9.84 Å². The molecule has 0 spiro atoms. The van der Waals surface area contributed by atoms with Gasteiger partial charge in [0.2, 0.25) is 10.0 Å². The molecule has 0 bridgehead atoms. The number of ether oxygens (including phenoxy) is 1. The van der Waals surface area contributed by atoms with E-state index in [4.69, 9.17) is 9.84 Å². The summed E-state index contributed by atoms with van der Waals surface area (Å²) in [4.78, 5) is 10.9. The van der Waals surface area contributed by atoms with Crippen LogP contribution in [0.3, 0.4) is 0 Å². The van der Waals surface area contributed by atoms with Crippen LogP contribution >= 0.6 is 0 Å². The van der Waals surface area contributed by atoms with Gasteiger partial charge in [0.1, 0.15) is 6.04 Å². The van der Waals surface area contributed by atoms with Crippen molar-refractivity contribution >= 4 is 16.0 Å². The van der Waals surface area contributed by atoms with Gasteiger partial charge in [-0.2, -0.15) is 0 Å². The maximum absolute atomic E-state index is 11.8. The number of sulfonamides is 1. The number of carboxylic acids is 1. The summed E-state index contributed by atoms with van der Waals surface area (Å²) in [5.74, 6) is -1.78. The molecule has 18 heavy (non-hydrogen) atoms. The highest BCUT2D eigenvalue weighted by atomic mass is 32.2. The van der Waals surface area contributed by atoms with Gasteiger partial charge in [-0.25, -0.2) is 13.1 Å².